The van der Waals surface area contributed by atoms with Gasteiger partial charge in [-0.3, -0.25) is 4.79 Å². The fourth-order valence-corrected chi connectivity index (χ4v) is 4.18. The third-order valence-corrected chi connectivity index (χ3v) is 5.76. The van der Waals surface area contributed by atoms with Gasteiger partial charge in [0.25, 0.3) is 5.91 Å². The molecule has 0 spiro atoms. The predicted molar refractivity (Wildman–Crippen MR) is 101 cm³/mol. The summed E-state index contributed by atoms with van der Waals surface area (Å²) in [6, 6.07) is 5.67. The summed E-state index contributed by atoms with van der Waals surface area (Å²) < 4.78 is 0.858. The number of carbonyl (C=O) groups excluding carboxylic acids is 1. The van der Waals surface area contributed by atoms with E-state index in [0.29, 0.717) is 16.4 Å². The number of thiophene rings is 1. The topological polar surface area (TPSA) is 80.9 Å². The van der Waals surface area contributed by atoms with Crippen LogP contribution in [0.3, 0.4) is 0 Å². The molecule has 0 saturated carbocycles. The number of hydrogen-bond acceptors (Lipinski definition) is 5. The van der Waals surface area contributed by atoms with E-state index in [0.717, 1.165) is 33.2 Å². The van der Waals surface area contributed by atoms with Gasteiger partial charge in [0, 0.05) is 21.7 Å². The highest BCUT2D eigenvalue weighted by Crippen LogP contribution is 2.35. The number of anilines is 2. The Hall–Kier alpha value is -1.99. The summed E-state index contributed by atoms with van der Waals surface area (Å²) in [7, 11) is 0. The number of nitrogens with one attached hydrogen (secondary N) is 1. The molecule has 3 heterocycles. The lowest BCUT2D eigenvalue weighted by molar-refractivity contribution is 0.103. The van der Waals surface area contributed by atoms with Gasteiger partial charge in [-0.2, -0.15) is 0 Å². The molecule has 0 saturated heterocycles. The molecular weight excluding hydrogens is 388 g/mol. The van der Waals surface area contributed by atoms with Crippen molar-refractivity contribution >= 4 is 54.9 Å². The van der Waals surface area contributed by atoms with Crippen LogP contribution in [0, 0.1) is 0 Å². The molecule has 1 aliphatic carbocycles. The van der Waals surface area contributed by atoms with Gasteiger partial charge in [0.05, 0.1) is 5.69 Å². The number of aromatic nitrogens is 2. The van der Waals surface area contributed by atoms with Crippen molar-refractivity contribution in [3.63, 3.8) is 0 Å². The molecule has 5 nitrogen and oxygen atoms in total. The summed E-state index contributed by atoms with van der Waals surface area (Å²) in [6.07, 6.45) is 6.05. The summed E-state index contributed by atoms with van der Waals surface area (Å²) in [5, 5.41) is 3.67. The standard InChI is InChI=1S/C17H15BrN4OS/c18-10-5-6-13(20-8-10)22-16(23)15-14(19)11-7-9-3-1-2-4-12(9)21-17(11)24-15/h5-8H,1-4,19H2,(H,20,22,23). The van der Waals surface area contributed by atoms with E-state index in [1.807, 2.05) is 6.07 Å². The van der Waals surface area contributed by atoms with Crippen LogP contribution in [0.2, 0.25) is 0 Å². The second kappa shape index (κ2) is 6.14. The van der Waals surface area contributed by atoms with E-state index in [-0.39, 0.29) is 5.91 Å². The van der Waals surface area contributed by atoms with Gasteiger partial charge in [-0.05, 0) is 65.4 Å². The number of amides is 1. The average molecular weight is 403 g/mol. The molecule has 0 radical (unpaired) electrons. The van der Waals surface area contributed by atoms with E-state index in [2.05, 4.69) is 32.3 Å². The van der Waals surface area contributed by atoms with Crippen molar-refractivity contribution in [1.82, 2.24) is 9.97 Å². The molecule has 0 aromatic carbocycles. The Bertz CT molecular complexity index is 936. The monoisotopic (exact) mass is 402 g/mol. The van der Waals surface area contributed by atoms with E-state index in [4.69, 9.17) is 10.7 Å². The van der Waals surface area contributed by atoms with Crippen LogP contribution in [-0.2, 0) is 12.8 Å². The van der Waals surface area contributed by atoms with Gasteiger partial charge >= 0.3 is 0 Å². The Balaban J connectivity index is 1.69. The Morgan fingerprint density at radius 2 is 2.12 bits per heavy atom. The van der Waals surface area contributed by atoms with Crippen LogP contribution < -0.4 is 11.1 Å². The fourth-order valence-electron chi connectivity index (χ4n) is 2.95. The van der Waals surface area contributed by atoms with E-state index in [1.54, 1.807) is 12.3 Å². The molecule has 3 N–H and O–H groups in total. The van der Waals surface area contributed by atoms with Gasteiger partial charge in [0.2, 0.25) is 0 Å². The van der Waals surface area contributed by atoms with Crippen LogP contribution in [0.4, 0.5) is 11.5 Å². The molecular formula is C17H15BrN4OS. The zero-order valence-corrected chi connectivity index (χ0v) is 15.2. The van der Waals surface area contributed by atoms with Crippen LogP contribution in [-0.4, -0.2) is 15.9 Å². The van der Waals surface area contributed by atoms with Crippen LogP contribution in [0.15, 0.2) is 28.9 Å². The summed E-state index contributed by atoms with van der Waals surface area (Å²) in [6.45, 7) is 0. The molecule has 3 aromatic rings. The van der Waals surface area contributed by atoms with Crippen molar-refractivity contribution in [2.75, 3.05) is 11.1 Å². The third-order valence-electron chi connectivity index (χ3n) is 4.17. The van der Waals surface area contributed by atoms with Gasteiger partial charge in [0.15, 0.2) is 0 Å². The van der Waals surface area contributed by atoms with Crippen molar-refractivity contribution in [2.45, 2.75) is 25.7 Å². The van der Waals surface area contributed by atoms with E-state index in [1.165, 1.54) is 29.7 Å². The average Bonchev–Trinajstić information content (AvgIpc) is 2.91. The first kappa shape index (κ1) is 15.5. The second-order valence-electron chi connectivity index (χ2n) is 5.81. The molecule has 0 bridgehead atoms. The molecule has 0 unspecified atom stereocenters. The van der Waals surface area contributed by atoms with Crippen LogP contribution >= 0.6 is 27.3 Å². The largest absolute Gasteiger partial charge is 0.397 e. The molecule has 7 heteroatoms. The van der Waals surface area contributed by atoms with Crippen molar-refractivity contribution in [2.24, 2.45) is 0 Å². The second-order valence-corrected chi connectivity index (χ2v) is 7.73. The van der Waals surface area contributed by atoms with Gasteiger partial charge in [-0.15, -0.1) is 11.3 Å². The van der Waals surface area contributed by atoms with Crippen LogP contribution in [0.25, 0.3) is 10.2 Å². The highest BCUT2D eigenvalue weighted by atomic mass is 79.9. The first-order valence-electron chi connectivity index (χ1n) is 7.75. The minimum Gasteiger partial charge on any atom is -0.397 e. The zero-order chi connectivity index (χ0) is 16.7. The quantitative estimate of drug-likeness (QED) is 0.673. The number of pyridine rings is 2. The lowest BCUT2D eigenvalue weighted by atomic mass is 9.95. The zero-order valence-electron chi connectivity index (χ0n) is 12.8. The van der Waals surface area contributed by atoms with Crippen molar-refractivity contribution in [3.05, 3.63) is 45.0 Å². The molecule has 4 rings (SSSR count). The summed E-state index contributed by atoms with van der Waals surface area (Å²) in [5.74, 6) is 0.246. The summed E-state index contributed by atoms with van der Waals surface area (Å²) in [4.78, 5) is 22.8. The first-order valence-corrected chi connectivity index (χ1v) is 9.36. The normalized spacial score (nSPS) is 13.7. The Morgan fingerprint density at radius 3 is 2.92 bits per heavy atom. The molecule has 1 amide bonds. The first-order chi connectivity index (χ1) is 11.6. The SMILES string of the molecule is Nc1c(C(=O)Nc2ccc(Br)cn2)sc2nc3c(cc12)CCCC3. The minimum atomic E-state index is -0.247. The smallest absolute Gasteiger partial charge is 0.269 e. The van der Waals surface area contributed by atoms with Gasteiger partial charge in [-0.25, -0.2) is 9.97 Å². The number of nitrogens with two attached hydrogens (primary N) is 1. The highest BCUT2D eigenvalue weighted by molar-refractivity contribution is 9.10. The fraction of sp³-hybridized carbons (Fsp3) is 0.235. The van der Waals surface area contributed by atoms with Crippen molar-refractivity contribution in [3.8, 4) is 0 Å². The molecule has 0 aliphatic heterocycles. The Labute approximate surface area is 151 Å². The van der Waals surface area contributed by atoms with Gasteiger partial charge in [0.1, 0.15) is 15.5 Å². The Morgan fingerprint density at radius 1 is 1.29 bits per heavy atom. The summed E-state index contributed by atoms with van der Waals surface area (Å²) in [5.41, 5.74) is 9.15. The van der Waals surface area contributed by atoms with E-state index in [9.17, 15) is 4.79 Å². The predicted octanol–water partition coefficient (Wildman–Crippen LogP) is 4.17. The number of nitrogen functional groups attached to an aromatic ring is 1. The lowest BCUT2D eigenvalue weighted by Crippen LogP contribution is -2.12. The van der Waals surface area contributed by atoms with Crippen LogP contribution in [0.5, 0.6) is 0 Å². The van der Waals surface area contributed by atoms with E-state index >= 15 is 0 Å². The number of carbonyl (C=O) groups is 1. The molecule has 0 atom stereocenters. The minimum absolute atomic E-state index is 0.247. The number of hydrogen-bond donors (Lipinski definition) is 2. The molecule has 1 aliphatic rings. The molecule has 24 heavy (non-hydrogen) atoms. The highest BCUT2D eigenvalue weighted by Gasteiger charge is 2.20. The van der Waals surface area contributed by atoms with Crippen LogP contribution in [0.1, 0.15) is 33.8 Å². The Kier molecular flexibility index (Phi) is 3.97. The third kappa shape index (κ3) is 2.78. The number of fused-ring (bicyclic) bond motifs is 2. The number of aryl methyl sites for hydroxylation is 2. The maximum Gasteiger partial charge on any atom is 0.269 e. The molecule has 122 valence electrons. The lowest BCUT2D eigenvalue weighted by Gasteiger charge is -2.14. The summed E-state index contributed by atoms with van der Waals surface area (Å²) >= 11 is 4.66. The van der Waals surface area contributed by atoms with Gasteiger partial charge in [-0.1, -0.05) is 0 Å². The number of halogens is 1. The molecule has 3 aromatic heterocycles. The van der Waals surface area contributed by atoms with Crippen molar-refractivity contribution < 1.29 is 4.79 Å². The van der Waals surface area contributed by atoms with Gasteiger partial charge < -0.3 is 11.1 Å². The maximum absolute atomic E-state index is 12.6. The molecule has 0 fully saturated rings. The number of nitrogens with zero attached hydrogens (tertiary/aromatic N) is 2. The van der Waals surface area contributed by atoms with Crippen molar-refractivity contribution in [1.29, 1.82) is 0 Å². The number of rotatable bonds is 2. The maximum atomic E-state index is 12.6. The van der Waals surface area contributed by atoms with E-state index < -0.39 is 0 Å².